The molecule has 0 unspecified atom stereocenters. The molecule has 0 saturated heterocycles. The van der Waals surface area contributed by atoms with Crippen molar-refractivity contribution in [2.45, 2.75) is 32.1 Å². The second-order valence-corrected chi connectivity index (χ2v) is 7.95. The summed E-state index contributed by atoms with van der Waals surface area (Å²) in [6.45, 7) is 2.24. The summed E-state index contributed by atoms with van der Waals surface area (Å²) < 4.78 is 16.2. The number of benzene rings is 2. The highest BCUT2D eigenvalue weighted by Gasteiger charge is 2.29. The van der Waals surface area contributed by atoms with E-state index in [4.69, 9.17) is 0 Å². The minimum atomic E-state index is -0.584. The van der Waals surface area contributed by atoms with Gasteiger partial charge in [0.05, 0.1) is 17.3 Å². The first-order chi connectivity index (χ1) is 15.0. The van der Waals surface area contributed by atoms with Crippen molar-refractivity contribution in [1.29, 1.82) is 0 Å². The summed E-state index contributed by atoms with van der Waals surface area (Å²) in [6, 6.07) is 8.65. The Kier molecular flexibility index (Phi) is 4.77. The van der Waals surface area contributed by atoms with E-state index in [-0.39, 0.29) is 5.56 Å². The van der Waals surface area contributed by atoms with E-state index in [2.05, 4.69) is 37.7 Å². The first kappa shape index (κ1) is 19.4. The SMILES string of the molecule is CCNC(=O)c1ccc(-c2nc(Cc3ccc4[nH]ncc4c3C3CC3)n(C)n2)cc1F. The van der Waals surface area contributed by atoms with Crippen LogP contribution in [0, 0.1) is 5.82 Å². The summed E-state index contributed by atoms with van der Waals surface area (Å²) in [5.74, 6) is 0.798. The third-order valence-electron chi connectivity index (χ3n) is 5.75. The summed E-state index contributed by atoms with van der Waals surface area (Å²) in [4.78, 5) is 16.6. The summed E-state index contributed by atoms with van der Waals surface area (Å²) in [6.07, 6.45) is 4.92. The number of nitrogens with one attached hydrogen (secondary N) is 2. The molecule has 2 aromatic heterocycles. The van der Waals surface area contributed by atoms with E-state index in [0.29, 0.717) is 30.3 Å². The molecule has 0 radical (unpaired) electrons. The zero-order valence-electron chi connectivity index (χ0n) is 17.4. The van der Waals surface area contributed by atoms with Crippen LogP contribution in [0.5, 0.6) is 0 Å². The third kappa shape index (κ3) is 3.58. The second-order valence-electron chi connectivity index (χ2n) is 7.95. The lowest BCUT2D eigenvalue weighted by atomic mass is 9.96. The van der Waals surface area contributed by atoms with E-state index >= 15 is 0 Å². The number of carbonyl (C=O) groups excluding carboxylic acids is 1. The molecule has 1 aliphatic rings. The van der Waals surface area contributed by atoms with Crippen LogP contribution >= 0.6 is 0 Å². The Bertz CT molecular complexity index is 1290. The molecule has 2 N–H and O–H groups in total. The van der Waals surface area contributed by atoms with Crippen molar-refractivity contribution < 1.29 is 9.18 Å². The number of aromatic nitrogens is 5. The van der Waals surface area contributed by atoms with Gasteiger partial charge in [0.1, 0.15) is 11.6 Å². The summed E-state index contributed by atoms with van der Waals surface area (Å²) in [7, 11) is 1.85. The quantitative estimate of drug-likeness (QED) is 0.500. The Morgan fingerprint density at radius 3 is 2.87 bits per heavy atom. The highest BCUT2D eigenvalue weighted by molar-refractivity contribution is 5.94. The zero-order valence-corrected chi connectivity index (χ0v) is 17.4. The van der Waals surface area contributed by atoms with Gasteiger partial charge in [0.2, 0.25) is 0 Å². The number of amides is 1. The lowest BCUT2D eigenvalue weighted by Crippen LogP contribution is -2.23. The molecule has 31 heavy (non-hydrogen) atoms. The Labute approximate surface area is 178 Å². The van der Waals surface area contributed by atoms with E-state index in [0.717, 1.165) is 11.3 Å². The largest absolute Gasteiger partial charge is 0.352 e. The molecule has 0 atom stereocenters. The number of nitrogens with zero attached hydrogens (tertiary/aromatic N) is 4. The monoisotopic (exact) mass is 418 g/mol. The van der Waals surface area contributed by atoms with Gasteiger partial charge in [0.25, 0.3) is 5.91 Å². The normalized spacial score (nSPS) is 13.6. The molecule has 0 spiro atoms. The lowest BCUT2D eigenvalue weighted by Gasteiger charge is -2.09. The van der Waals surface area contributed by atoms with Gasteiger partial charge in [-0.05, 0) is 55.0 Å². The van der Waals surface area contributed by atoms with Gasteiger partial charge in [-0.25, -0.2) is 9.37 Å². The van der Waals surface area contributed by atoms with Crippen LogP contribution in [0.15, 0.2) is 36.5 Å². The van der Waals surface area contributed by atoms with Crippen molar-refractivity contribution >= 4 is 16.8 Å². The summed E-state index contributed by atoms with van der Waals surface area (Å²) >= 11 is 0. The molecule has 8 heteroatoms. The molecule has 1 saturated carbocycles. The fraction of sp³-hybridized carbons (Fsp3) is 0.304. The number of H-pyrrole nitrogens is 1. The van der Waals surface area contributed by atoms with Gasteiger partial charge in [-0.2, -0.15) is 10.2 Å². The number of rotatable bonds is 6. The minimum Gasteiger partial charge on any atom is -0.352 e. The van der Waals surface area contributed by atoms with Crippen molar-refractivity contribution in [2.24, 2.45) is 7.05 Å². The predicted octanol–water partition coefficient (Wildman–Crippen LogP) is 3.72. The molecule has 2 aromatic carbocycles. The van der Waals surface area contributed by atoms with Crippen LogP contribution in [-0.2, 0) is 13.5 Å². The van der Waals surface area contributed by atoms with Gasteiger partial charge >= 0.3 is 0 Å². The molecule has 7 nitrogen and oxygen atoms in total. The van der Waals surface area contributed by atoms with Crippen LogP contribution in [0.25, 0.3) is 22.3 Å². The number of halogens is 1. The Morgan fingerprint density at radius 2 is 2.13 bits per heavy atom. The predicted molar refractivity (Wildman–Crippen MR) is 115 cm³/mol. The van der Waals surface area contributed by atoms with E-state index in [9.17, 15) is 9.18 Å². The van der Waals surface area contributed by atoms with Crippen LogP contribution in [0.4, 0.5) is 4.39 Å². The highest BCUT2D eigenvalue weighted by Crippen LogP contribution is 2.45. The molecule has 1 fully saturated rings. The maximum absolute atomic E-state index is 14.5. The Hall–Kier alpha value is -3.55. The summed E-state index contributed by atoms with van der Waals surface area (Å²) in [5.41, 5.74) is 4.17. The zero-order chi connectivity index (χ0) is 21.5. The van der Waals surface area contributed by atoms with E-state index in [1.165, 1.54) is 41.5 Å². The molecule has 0 aliphatic heterocycles. The standard InChI is InChI=1S/C23H23FN6O/c1-3-25-23(31)16-8-6-15(10-18(16)24)22-27-20(30(2)29-22)11-14-7-9-19-17(12-26-28-19)21(14)13-4-5-13/h6-10,12-13H,3-5,11H2,1-2H3,(H,25,31)(H,26,28). The molecule has 1 aliphatic carbocycles. The first-order valence-corrected chi connectivity index (χ1v) is 10.5. The van der Waals surface area contributed by atoms with Crippen LogP contribution in [0.2, 0.25) is 0 Å². The Balaban J connectivity index is 1.46. The number of hydrogen-bond acceptors (Lipinski definition) is 4. The van der Waals surface area contributed by atoms with Crippen LogP contribution < -0.4 is 5.32 Å². The fourth-order valence-electron chi connectivity index (χ4n) is 4.05. The molecular formula is C23H23FN6O. The maximum Gasteiger partial charge on any atom is 0.254 e. The molecular weight excluding hydrogens is 395 g/mol. The van der Waals surface area contributed by atoms with Crippen LogP contribution in [-0.4, -0.2) is 37.4 Å². The number of aryl methyl sites for hydroxylation is 1. The van der Waals surface area contributed by atoms with E-state index in [1.807, 2.05) is 13.2 Å². The van der Waals surface area contributed by atoms with Crippen molar-refractivity contribution in [3.05, 3.63) is 64.9 Å². The van der Waals surface area contributed by atoms with Crippen LogP contribution in [0.1, 0.15) is 53.0 Å². The van der Waals surface area contributed by atoms with Gasteiger partial charge in [-0.15, -0.1) is 0 Å². The summed E-state index contributed by atoms with van der Waals surface area (Å²) in [5, 5.41) is 15.5. The number of carbonyl (C=O) groups is 1. The molecule has 2 heterocycles. The van der Waals surface area contributed by atoms with Crippen molar-refractivity contribution in [3.8, 4) is 11.4 Å². The average Bonchev–Trinajstić information content (AvgIpc) is 3.36. The van der Waals surface area contributed by atoms with Gasteiger partial charge in [-0.1, -0.05) is 12.1 Å². The van der Waals surface area contributed by atoms with Crippen molar-refractivity contribution in [1.82, 2.24) is 30.3 Å². The number of hydrogen-bond donors (Lipinski definition) is 2. The van der Waals surface area contributed by atoms with Gasteiger partial charge in [0, 0.05) is 31.0 Å². The first-order valence-electron chi connectivity index (χ1n) is 10.5. The molecule has 4 aromatic rings. The van der Waals surface area contributed by atoms with E-state index < -0.39 is 11.7 Å². The lowest BCUT2D eigenvalue weighted by molar-refractivity contribution is 0.0952. The third-order valence-corrected chi connectivity index (χ3v) is 5.75. The van der Waals surface area contributed by atoms with Gasteiger partial charge in [0.15, 0.2) is 5.82 Å². The van der Waals surface area contributed by atoms with Crippen LogP contribution in [0.3, 0.4) is 0 Å². The maximum atomic E-state index is 14.5. The van der Waals surface area contributed by atoms with Crippen molar-refractivity contribution in [2.75, 3.05) is 6.54 Å². The minimum absolute atomic E-state index is 0.0178. The molecule has 1 amide bonds. The smallest absolute Gasteiger partial charge is 0.254 e. The Morgan fingerprint density at radius 1 is 1.29 bits per heavy atom. The average molecular weight is 418 g/mol. The van der Waals surface area contributed by atoms with Gasteiger partial charge < -0.3 is 5.32 Å². The second kappa shape index (κ2) is 7.61. The van der Waals surface area contributed by atoms with E-state index in [1.54, 1.807) is 17.7 Å². The van der Waals surface area contributed by atoms with Crippen molar-refractivity contribution in [3.63, 3.8) is 0 Å². The number of aromatic amines is 1. The molecule has 158 valence electrons. The van der Waals surface area contributed by atoms with Gasteiger partial charge in [-0.3, -0.25) is 14.6 Å². The highest BCUT2D eigenvalue weighted by atomic mass is 19.1. The molecule has 0 bridgehead atoms. The topological polar surface area (TPSA) is 88.5 Å². The number of fused-ring (bicyclic) bond motifs is 1. The fourth-order valence-corrected chi connectivity index (χ4v) is 4.05. The molecule has 5 rings (SSSR count).